The van der Waals surface area contributed by atoms with Crippen LogP contribution in [0.5, 0.6) is 0 Å². The summed E-state index contributed by atoms with van der Waals surface area (Å²) in [5.74, 6) is -1.31. The Kier molecular flexibility index (Phi) is 2.84. The van der Waals surface area contributed by atoms with Gasteiger partial charge in [0, 0.05) is 5.57 Å². The number of benzene rings is 1. The number of dihydropyridines is 1. The van der Waals surface area contributed by atoms with Crippen LogP contribution in [0.15, 0.2) is 50.9 Å². The van der Waals surface area contributed by atoms with E-state index in [0.29, 0.717) is 11.1 Å². The molecular weight excluding hydrogens is 268 g/mol. The van der Waals surface area contributed by atoms with E-state index < -0.39 is 11.8 Å². The van der Waals surface area contributed by atoms with Crippen molar-refractivity contribution in [2.75, 3.05) is 0 Å². The molecule has 0 saturated carbocycles. The second-order valence-electron chi connectivity index (χ2n) is 4.47. The fraction of sp³-hybridized carbons (Fsp3) is 0.0714. The predicted octanol–water partition coefficient (Wildman–Crippen LogP) is 0.204. The lowest BCUT2D eigenvalue weighted by Gasteiger charge is -2.25. The van der Waals surface area contributed by atoms with E-state index in [1.807, 2.05) is 12.1 Å². The fourth-order valence-corrected chi connectivity index (χ4v) is 2.34. The number of aliphatic imine (C=N–C) groups is 3. The quantitative estimate of drug-likeness (QED) is 0.759. The lowest BCUT2D eigenvalue weighted by Crippen LogP contribution is -2.37. The van der Waals surface area contributed by atoms with E-state index in [0.717, 1.165) is 0 Å². The third kappa shape index (κ3) is 1.99. The van der Waals surface area contributed by atoms with Gasteiger partial charge in [-0.25, -0.2) is 4.99 Å². The molecule has 2 aliphatic heterocycles. The molecule has 2 heterocycles. The summed E-state index contributed by atoms with van der Waals surface area (Å²) >= 11 is 0. The average molecular weight is 278 g/mol. The molecule has 0 radical (unpaired) electrons. The minimum absolute atomic E-state index is 0.0221. The van der Waals surface area contributed by atoms with Gasteiger partial charge in [0.2, 0.25) is 5.96 Å². The van der Waals surface area contributed by atoms with Crippen LogP contribution in [0.2, 0.25) is 0 Å². The van der Waals surface area contributed by atoms with Gasteiger partial charge in [0.05, 0.1) is 5.57 Å². The number of carbonyl (C=O) groups excluding carboxylic acids is 1. The molecule has 0 saturated heterocycles. The number of rotatable bonds is 1. The molecule has 7 heteroatoms. The number of nitrogens with two attached hydrogens (primary N) is 2. The van der Waals surface area contributed by atoms with E-state index in [2.05, 4.69) is 15.0 Å². The Morgan fingerprint density at radius 1 is 1.10 bits per heavy atom. The van der Waals surface area contributed by atoms with Crippen LogP contribution in [0.4, 0.5) is 0 Å². The number of nitrogens with zero attached hydrogens (tertiary/aromatic N) is 4. The number of guanidine groups is 1. The smallest absolute Gasteiger partial charge is 0.264 e. The van der Waals surface area contributed by atoms with Gasteiger partial charge in [-0.3, -0.25) is 4.79 Å². The van der Waals surface area contributed by atoms with Crippen molar-refractivity contribution < 1.29 is 4.79 Å². The number of carbonyl (C=O) groups is 1. The summed E-state index contributed by atoms with van der Waals surface area (Å²) in [5, 5.41) is 9.34. The zero-order valence-corrected chi connectivity index (χ0v) is 10.8. The lowest BCUT2D eigenvalue weighted by molar-refractivity contribution is -0.118. The number of nitriles is 1. The summed E-state index contributed by atoms with van der Waals surface area (Å²) in [6.07, 6.45) is 0. The minimum Gasteiger partial charge on any atom is -0.383 e. The van der Waals surface area contributed by atoms with E-state index in [-0.39, 0.29) is 23.2 Å². The molecule has 3 rings (SSSR count). The summed E-state index contributed by atoms with van der Waals surface area (Å²) in [6.45, 7) is 0. The van der Waals surface area contributed by atoms with Gasteiger partial charge in [-0.15, -0.1) is 0 Å². The van der Waals surface area contributed by atoms with Crippen LogP contribution in [0, 0.1) is 17.2 Å². The first-order valence-electron chi connectivity index (χ1n) is 6.12. The van der Waals surface area contributed by atoms with Gasteiger partial charge in [-0.1, -0.05) is 30.3 Å². The van der Waals surface area contributed by atoms with Gasteiger partial charge < -0.3 is 11.5 Å². The second-order valence-corrected chi connectivity index (χ2v) is 4.47. The third-order valence-corrected chi connectivity index (χ3v) is 3.20. The highest BCUT2D eigenvalue weighted by atomic mass is 16.1. The number of hydrogen-bond donors (Lipinski definition) is 2. The van der Waals surface area contributed by atoms with E-state index in [1.54, 1.807) is 24.3 Å². The molecule has 0 aromatic heterocycles. The maximum absolute atomic E-state index is 12.2. The Balaban J connectivity index is 2.27. The highest BCUT2D eigenvalue weighted by Gasteiger charge is 2.38. The summed E-state index contributed by atoms with van der Waals surface area (Å²) in [6, 6.07) is 11.0. The standard InChI is InChI=1S/C14H10N6O/c15-6-8-9(7-4-2-1-3-5-7)10-12(18-11(8)16)19-14(17)20-13(10)21/h1-5,10H,(H4,16,17,18,19,20,21). The number of amidine groups is 2. The van der Waals surface area contributed by atoms with Crippen LogP contribution in [0.25, 0.3) is 5.57 Å². The molecule has 7 nitrogen and oxygen atoms in total. The van der Waals surface area contributed by atoms with Crippen LogP contribution in [0.1, 0.15) is 5.56 Å². The van der Waals surface area contributed by atoms with Crippen molar-refractivity contribution in [3.63, 3.8) is 0 Å². The van der Waals surface area contributed by atoms with Crippen LogP contribution < -0.4 is 11.5 Å². The first-order valence-corrected chi connectivity index (χ1v) is 6.12. The Morgan fingerprint density at radius 2 is 1.81 bits per heavy atom. The zero-order chi connectivity index (χ0) is 15.0. The van der Waals surface area contributed by atoms with Gasteiger partial charge in [-0.2, -0.15) is 15.2 Å². The third-order valence-electron chi connectivity index (χ3n) is 3.20. The molecule has 2 aliphatic rings. The normalized spacial score (nSPS) is 21.0. The van der Waals surface area contributed by atoms with E-state index in [1.165, 1.54) is 0 Å². The first-order chi connectivity index (χ1) is 10.1. The molecule has 1 unspecified atom stereocenters. The van der Waals surface area contributed by atoms with Gasteiger partial charge in [0.25, 0.3) is 5.91 Å². The monoisotopic (exact) mass is 278 g/mol. The zero-order valence-electron chi connectivity index (χ0n) is 10.8. The summed E-state index contributed by atoms with van der Waals surface area (Å²) in [4.78, 5) is 23.8. The molecule has 1 atom stereocenters. The van der Waals surface area contributed by atoms with Crippen molar-refractivity contribution >= 4 is 29.1 Å². The first kappa shape index (κ1) is 12.7. The topological polar surface area (TPSA) is 130 Å². The SMILES string of the molecule is N#CC1=C(c2ccccc2)C2C(=O)N=C(N)N=C2N=C1N. The summed E-state index contributed by atoms with van der Waals surface area (Å²) in [5.41, 5.74) is 12.6. The van der Waals surface area contributed by atoms with Gasteiger partial charge in [0.1, 0.15) is 17.8 Å². The highest BCUT2D eigenvalue weighted by Crippen LogP contribution is 2.34. The largest absolute Gasteiger partial charge is 0.383 e. The Morgan fingerprint density at radius 3 is 2.48 bits per heavy atom. The number of amides is 1. The Labute approximate surface area is 120 Å². The Hall–Kier alpha value is -3.27. The molecule has 1 aromatic rings. The molecule has 4 N–H and O–H groups in total. The molecule has 0 spiro atoms. The number of hydrogen-bond acceptors (Lipinski definition) is 6. The molecule has 0 fully saturated rings. The predicted molar refractivity (Wildman–Crippen MR) is 78.2 cm³/mol. The van der Waals surface area contributed by atoms with Crippen LogP contribution in [0.3, 0.4) is 0 Å². The molecule has 21 heavy (non-hydrogen) atoms. The molecule has 0 bridgehead atoms. The second kappa shape index (κ2) is 4.68. The van der Waals surface area contributed by atoms with Gasteiger partial charge >= 0.3 is 0 Å². The van der Waals surface area contributed by atoms with Crippen molar-refractivity contribution in [3.05, 3.63) is 41.5 Å². The maximum atomic E-state index is 12.2. The van der Waals surface area contributed by atoms with E-state index >= 15 is 0 Å². The van der Waals surface area contributed by atoms with Crippen molar-refractivity contribution in [2.45, 2.75) is 0 Å². The summed E-state index contributed by atoms with van der Waals surface area (Å²) < 4.78 is 0. The van der Waals surface area contributed by atoms with Crippen LogP contribution in [-0.2, 0) is 4.79 Å². The van der Waals surface area contributed by atoms with Gasteiger partial charge in [0.15, 0.2) is 5.84 Å². The minimum atomic E-state index is -0.846. The molecule has 1 amide bonds. The van der Waals surface area contributed by atoms with Gasteiger partial charge in [-0.05, 0) is 5.56 Å². The maximum Gasteiger partial charge on any atom is 0.264 e. The molecule has 0 aliphatic carbocycles. The molecule has 1 aromatic carbocycles. The lowest BCUT2D eigenvalue weighted by atomic mass is 9.84. The van der Waals surface area contributed by atoms with Crippen molar-refractivity contribution in [3.8, 4) is 6.07 Å². The number of fused-ring (bicyclic) bond motifs is 1. The Bertz CT molecular complexity index is 795. The van der Waals surface area contributed by atoms with E-state index in [9.17, 15) is 10.1 Å². The van der Waals surface area contributed by atoms with Crippen LogP contribution >= 0.6 is 0 Å². The van der Waals surface area contributed by atoms with Crippen molar-refractivity contribution in [1.29, 1.82) is 5.26 Å². The van der Waals surface area contributed by atoms with Crippen molar-refractivity contribution in [2.24, 2.45) is 32.4 Å². The van der Waals surface area contributed by atoms with E-state index in [4.69, 9.17) is 11.5 Å². The summed E-state index contributed by atoms with van der Waals surface area (Å²) in [7, 11) is 0. The molecule has 102 valence electrons. The fourth-order valence-electron chi connectivity index (χ4n) is 2.34. The van der Waals surface area contributed by atoms with Crippen LogP contribution in [-0.4, -0.2) is 23.5 Å². The highest BCUT2D eigenvalue weighted by molar-refractivity contribution is 6.29. The van der Waals surface area contributed by atoms with Crippen molar-refractivity contribution in [1.82, 2.24) is 0 Å². The molecular formula is C14H10N6O. The average Bonchev–Trinajstić information content (AvgIpc) is 2.46.